The Bertz CT molecular complexity index is 702. The lowest BCUT2D eigenvalue weighted by Crippen LogP contribution is -2.32. The average molecular weight is 331 g/mol. The smallest absolute Gasteiger partial charge is 0.292 e. The van der Waals surface area contributed by atoms with Crippen LogP contribution in [0, 0.1) is 10.1 Å². The summed E-state index contributed by atoms with van der Waals surface area (Å²) in [6.45, 7) is 1.11. The molecule has 1 atom stereocenters. The Morgan fingerprint density at radius 2 is 2.22 bits per heavy atom. The monoisotopic (exact) mass is 331 g/mol. The number of nitro benzene ring substituents is 1. The summed E-state index contributed by atoms with van der Waals surface area (Å²) in [5.41, 5.74) is 1.40. The normalized spacial score (nSPS) is 18.0. The van der Waals surface area contributed by atoms with Gasteiger partial charge in [0.15, 0.2) is 0 Å². The van der Waals surface area contributed by atoms with Crippen molar-refractivity contribution in [2.75, 3.05) is 18.4 Å². The first-order chi connectivity index (χ1) is 11.1. The fourth-order valence-electron chi connectivity index (χ4n) is 2.97. The van der Waals surface area contributed by atoms with Gasteiger partial charge in [-0.15, -0.1) is 0 Å². The Kier molecular flexibility index (Phi) is 4.68. The Labute approximate surface area is 137 Å². The molecule has 0 aliphatic carbocycles. The van der Waals surface area contributed by atoms with Crippen molar-refractivity contribution in [3.05, 3.63) is 56.8 Å². The molecule has 6 nitrogen and oxygen atoms in total. The zero-order chi connectivity index (χ0) is 16.2. The molecule has 0 bridgehead atoms. The molecular formula is C16H17N3O3S. The second kappa shape index (κ2) is 6.89. The Morgan fingerprint density at radius 3 is 2.96 bits per heavy atom. The number of hydrogen-bond donors (Lipinski definition) is 1. The van der Waals surface area contributed by atoms with Gasteiger partial charge in [-0.25, -0.2) is 0 Å². The predicted octanol–water partition coefficient (Wildman–Crippen LogP) is 3.43. The minimum atomic E-state index is -0.486. The minimum Gasteiger partial charge on any atom is -0.319 e. The maximum absolute atomic E-state index is 12.3. The third-order valence-corrected chi connectivity index (χ3v) is 4.71. The highest BCUT2D eigenvalue weighted by Gasteiger charge is 2.28. The van der Waals surface area contributed by atoms with Crippen LogP contribution in [-0.4, -0.2) is 28.8 Å². The van der Waals surface area contributed by atoms with E-state index in [1.807, 2.05) is 5.38 Å². The maximum atomic E-state index is 12.3. The first kappa shape index (κ1) is 15.6. The molecule has 1 aromatic heterocycles. The van der Waals surface area contributed by atoms with Gasteiger partial charge in [0.1, 0.15) is 5.69 Å². The van der Waals surface area contributed by atoms with Crippen LogP contribution in [0.5, 0.6) is 0 Å². The molecule has 1 aromatic carbocycles. The Hall–Kier alpha value is -2.25. The fraction of sp³-hybridized carbons (Fsp3) is 0.312. The van der Waals surface area contributed by atoms with Crippen LogP contribution in [0.15, 0.2) is 41.1 Å². The summed E-state index contributed by atoms with van der Waals surface area (Å²) in [6, 6.07) is 8.55. The fourth-order valence-corrected chi connectivity index (χ4v) is 3.68. The number of carbonyl (C=O) groups excluding carboxylic acids is 1. The van der Waals surface area contributed by atoms with Crippen molar-refractivity contribution in [3.8, 4) is 0 Å². The molecule has 1 N–H and O–H groups in total. The second-order valence-corrected chi connectivity index (χ2v) is 6.29. The van der Waals surface area contributed by atoms with Crippen LogP contribution in [0.2, 0.25) is 0 Å². The number of anilines is 1. The average Bonchev–Trinajstić information content (AvgIpc) is 3.18. The van der Waals surface area contributed by atoms with E-state index in [-0.39, 0.29) is 29.9 Å². The van der Waals surface area contributed by atoms with E-state index in [0.29, 0.717) is 0 Å². The molecule has 2 aromatic rings. The molecule has 0 spiro atoms. The number of carbonyl (C=O) groups is 1. The van der Waals surface area contributed by atoms with Gasteiger partial charge < -0.3 is 5.32 Å². The molecule has 3 rings (SSSR count). The molecule has 2 heterocycles. The number of likely N-dealkylation sites (tertiary alicyclic amines) is 1. The first-order valence-corrected chi connectivity index (χ1v) is 8.39. The van der Waals surface area contributed by atoms with E-state index in [4.69, 9.17) is 0 Å². The summed E-state index contributed by atoms with van der Waals surface area (Å²) in [4.78, 5) is 24.9. The van der Waals surface area contributed by atoms with Gasteiger partial charge in [0.25, 0.3) is 5.69 Å². The van der Waals surface area contributed by atoms with Crippen LogP contribution in [0.1, 0.15) is 24.4 Å². The summed E-state index contributed by atoms with van der Waals surface area (Å²) in [5.74, 6) is -0.221. The highest BCUT2D eigenvalue weighted by Crippen LogP contribution is 2.32. The van der Waals surface area contributed by atoms with Crippen LogP contribution in [0.3, 0.4) is 0 Å². The van der Waals surface area contributed by atoms with Gasteiger partial charge in [-0.1, -0.05) is 12.1 Å². The van der Waals surface area contributed by atoms with E-state index in [2.05, 4.69) is 21.7 Å². The summed E-state index contributed by atoms with van der Waals surface area (Å²) < 4.78 is 0. The largest absolute Gasteiger partial charge is 0.319 e. The topological polar surface area (TPSA) is 75.5 Å². The zero-order valence-corrected chi connectivity index (χ0v) is 13.3. The van der Waals surface area contributed by atoms with Gasteiger partial charge in [-0.05, 0) is 47.8 Å². The third-order valence-electron chi connectivity index (χ3n) is 4.01. The number of benzene rings is 1. The van der Waals surface area contributed by atoms with Crippen molar-refractivity contribution in [1.29, 1.82) is 0 Å². The lowest BCUT2D eigenvalue weighted by atomic mass is 10.1. The number of nitrogens with one attached hydrogen (secondary N) is 1. The summed E-state index contributed by atoms with van der Waals surface area (Å²) >= 11 is 1.65. The lowest BCUT2D eigenvalue weighted by molar-refractivity contribution is -0.383. The Morgan fingerprint density at radius 1 is 1.39 bits per heavy atom. The van der Waals surface area contributed by atoms with Gasteiger partial charge in [0.05, 0.1) is 11.5 Å². The predicted molar refractivity (Wildman–Crippen MR) is 89.6 cm³/mol. The van der Waals surface area contributed by atoms with E-state index in [9.17, 15) is 14.9 Å². The molecular weight excluding hydrogens is 314 g/mol. The minimum absolute atomic E-state index is 0.0864. The summed E-state index contributed by atoms with van der Waals surface area (Å²) in [6.07, 6.45) is 2.09. The SMILES string of the molecule is O=C(CN1CCCC1c1ccsc1)Nc1ccccc1[N+](=O)[O-]. The van der Waals surface area contributed by atoms with Crippen molar-refractivity contribution in [3.63, 3.8) is 0 Å². The molecule has 0 saturated carbocycles. The molecule has 1 fully saturated rings. The molecule has 120 valence electrons. The number of nitro groups is 1. The van der Waals surface area contributed by atoms with Gasteiger partial charge in [0, 0.05) is 12.1 Å². The highest BCUT2D eigenvalue weighted by molar-refractivity contribution is 7.07. The molecule has 1 saturated heterocycles. The van der Waals surface area contributed by atoms with Crippen molar-refractivity contribution >= 4 is 28.6 Å². The van der Waals surface area contributed by atoms with E-state index in [1.165, 1.54) is 11.6 Å². The Balaban J connectivity index is 1.67. The number of nitrogens with zero attached hydrogens (tertiary/aromatic N) is 2. The zero-order valence-electron chi connectivity index (χ0n) is 12.5. The van der Waals surface area contributed by atoms with Crippen molar-refractivity contribution < 1.29 is 9.72 Å². The molecule has 1 aliphatic rings. The number of hydrogen-bond acceptors (Lipinski definition) is 5. The summed E-state index contributed by atoms with van der Waals surface area (Å²) in [5, 5.41) is 17.8. The van der Waals surface area contributed by atoms with Gasteiger partial charge >= 0.3 is 0 Å². The number of para-hydroxylation sites is 2. The van der Waals surface area contributed by atoms with Gasteiger partial charge in [-0.2, -0.15) is 11.3 Å². The maximum Gasteiger partial charge on any atom is 0.292 e. The van der Waals surface area contributed by atoms with Crippen LogP contribution in [0.4, 0.5) is 11.4 Å². The van der Waals surface area contributed by atoms with Crippen molar-refractivity contribution in [2.45, 2.75) is 18.9 Å². The van der Waals surface area contributed by atoms with E-state index >= 15 is 0 Å². The number of rotatable bonds is 5. The third kappa shape index (κ3) is 3.57. The van der Waals surface area contributed by atoms with Crippen LogP contribution in [0.25, 0.3) is 0 Å². The van der Waals surface area contributed by atoms with Crippen molar-refractivity contribution in [1.82, 2.24) is 4.90 Å². The lowest BCUT2D eigenvalue weighted by Gasteiger charge is -2.23. The molecule has 1 unspecified atom stereocenters. The number of amides is 1. The second-order valence-electron chi connectivity index (χ2n) is 5.51. The van der Waals surface area contributed by atoms with Crippen LogP contribution >= 0.6 is 11.3 Å². The standard InChI is InChI=1S/C16H17N3O3S/c20-16(17-13-4-1-2-5-15(13)19(21)22)10-18-8-3-6-14(18)12-7-9-23-11-12/h1-2,4-5,7,9,11,14H,3,6,8,10H2,(H,17,20). The highest BCUT2D eigenvalue weighted by atomic mass is 32.1. The van der Waals surface area contributed by atoms with E-state index < -0.39 is 4.92 Å². The first-order valence-electron chi connectivity index (χ1n) is 7.44. The molecule has 7 heteroatoms. The summed E-state index contributed by atoms with van der Waals surface area (Å²) in [7, 11) is 0. The van der Waals surface area contributed by atoms with E-state index in [1.54, 1.807) is 29.5 Å². The van der Waals surface area contributed by atoms with Crippen LogP contribution < -0.4 is 5.32 Å². The molecule has 23 heavy (non-hydrogen) atoms. The van der Waals surface area contributed by atoms with Crippen molar-refractivity contribution in [2.24, 2.45) is 0 Å². The van der Waals surface area contributed by atoms with Gasteiger partial charge in [-0.3, -0.25) is 19.8 Å². The van der Waals surface area contributed by atoms with E-state index in [0.717, 1.165) is 19.4 Å². The molecule has 1 amide bonds. The molecule has 0 radical (unpaired) electrons. The number of thiophene rings is 1. The molecule has 1 aliphatic heterocycles. The van der Waals surface area contributed by atoms with Crippen LogP contribution in [-0.2, 0) is 4.79 Å². The quantitative estimate of drug-likeness (QED) is 0.673. The van der Waals surface area contributed by atoms with Gasteiger partial charge in [0.2, 0.25) is 5.91 Å².